The van der Waals surface area contributed by atoms with E-state index in [1.807, 2.05) is 13.8 Å². The molecule has 110 valence electrons. The molecule has 0 bridgehead atoms. The van der Waals surface area contributed by atoms with Gasteiger partial charge in [0.1, 0.15) is 5.76 Å². The Morgan fingerprint density at radius 3 is 2.86 bits per heavy atom. The van der Waals surface area contributed by atoms with Crippen LogP contribution in [0, 0.1) is 0 Å². The fourth-order valence-corrected chi connectivity index (χ4v) is 1.74. The maximum Gasteiger partial charge on any atom is 0.301 e. The highest BCUT2D eigenvalue weighted by molar-refractivity contribution is 6.00. The summed E-state index contributed by atoms with van der Waals surface area (Å²) < 4.78 is 10.8. The molecule has 0 aromatic carbocycles. The third-order valence-corrected chi connectivity index (χ3v) is 3.06. The number of hydrogen-bond acceptors (Lipinski definition) is 6. The van der Waals surface area contributed by atoms with Crippen LogP contribution in [0.15, 0.2) is 21.1 Å². The first-order chi connectivity index (χ1) is 10.1. The zero-order chi connectivity index (χ0) is 14.8. The molecule has 0 saturated heterocycles. The van der Waals surface area contributed by atoms with E-state index >= 15 is 0 Å². The summed E-state index contributed by atoms with van der Waals surface area (Å²) in [7, 11) is 0. The Hall–Kier alpha value is -2.44. The molecular formula is C14H16N4O3. The largest absolute Gasteiger partial charge is 0.428 e. The second-order valence-electron chi connectivity index (χ2n) is 5.30. The number of oxazole rings is 1. The van der Waals surface area contributed by atoms with E-state index in [4.69, 9.17) is 8.83 Å². The smallest absolute Gasteiger partial charge is 0.301 e. The second-order valence-corrected chi connectivity index (χ2v) is 5.30. The van der Waals surface area contributed by atoms with E-state index in [0.29, 0.717) is 17.7 Å². The van der Waals surface area contributed by atoms with E-state index in [0.717, 1.165) is 18.6 Å². The van der Waals surface area contributed by atoms with Gasteiger partial charge in [0.25, 0.3) is 5.91 Å². The monoisotopic (exact) mass is 288 g/mol. The van der Waals surface area contributed by atoms with E-state index in [1.165, 1.54) is 12.2 Å². The summed E-state index contributed by atoms with van der Waals surface area (Å²) in [6.45, 7) is 3.90. The topological polar surface area (TPSA) is 94.1 Å². The summed E-state index contributed by atoms with van der Waals surface area (Å²) in [6, 6.07) is 0.208. The molecular weight excluding hydrogens is 272 g/mol. The van der Waals surface area contributed by atoms with Gasteiger partial charge in [-0.05, 0) is 12.8 Å². The zero-order valence-corrected chi connectivity index (χ0v) is 11.9. The quantitative estimate of drug-likeness (QED) is 0.850. The molecule has 1 fully saturated rings. The van der Waals surface area contributed by atoms with Gasteiger partial charge in [-0.2, -0.15) is 0 Å². The van der Waals surface area contributed by atoms with E-state index in [-0.39, 0.29) is 17.8 Å². The van der Waals surface area contributed by atoms with Crippen LogP contribution < -0.4 is 5.32 Å². The molecule has 1 amide bonds. The van der Waals surface area contributed by atoms with Crippen molar-refractivity contribution >= 4 is 18.0 Å². The molecule has 2 aromatic heterocycles. The van der Waals surface area contributed by atoms with Gasteiger partial charge in [-0.15, -0.1) is 10.2 Å². The molecule has 0 radical (unpaired) electrons. The van der Waals surface area contributed by atoms with Crippen LogP contribution in [0.1, 0.15) is 56.1 Å². The van der Waals surface area contributed by atoms with Gasteiger partial charge in [-0.1, -0.05) is 13.8 Å². The average molecular weight is 288 g/mol. The Bertz CT molecular complexity index is 667. The van der Waals surface area contributed by atoms with Gasteiger partial charge in [0.2, 0.25) is 11.8 Å². The van der Waals surface area contributed by atoms with Crippen LogP contribution in [-0.4, -0.2) is 21.1 Å². The Morgan fingerprint density at radius 1 is 1.38 bits per heavy atom. The van der Waals surface area contributed by atoms with Crippen LogP contribution >= 0.6 is 0 Å². The zero-order valence-electron chi connectivity index (χ0n) is 11.9. The van der Waals surface area contributed by atoms with Gasteiger partial charge < -0.3 is 8.83 Å². The van der Waals surface area contributed by atoms with Gasteiger partial charge >= 0.3 is 6.01 Å². The SMILES string of the molecule is CC(C)c1nnc(/C=C/C(=O)Nc2ncc(C3CC3)o2)o1. The van der Waals surface area contributed by atoms with Crippen molar-refractivity contribution < 1.29 is 13.6 Å². The minimum atomic E-state index is -0.358. The first kappa shape index (κ1) is 13.5. The lowest BCUT2D eigenvalue weighted by molar-refractivity contribution is -0.112. The van der Waals surface area contributed by atoms with Crippen LogP contribution in [-0.2, 0) is 4.79 Å². The standard InChI is InChI=1S/C14H16N4O3/c1-8(2)13-18-17-12(21-13)6-5-11(19)16-14-15-7-10(20-14)9-3-4-9/h5-9H,3-4H2,1-2H3,(H,15,16,19)/b6-5+. The molecule has 3 rings (SSSR count). The molecule has 1 N–H and O–H groups in total. The highest BCUT2D eigenvalue weighted by Crippen LogP contribution is 2.40. The normalized spacial score (nSPS) is 15.0. The van der Waals surface area contributed by atoms with Gasteiger partial charge in [0.15, 0.2) is 0 Å². The second kappa shape index (κ2) is 5.51. The number of anilines is 1. The number of aromatic nitrogens is 3. The van der Waals surface area contributed by atoms with Crippen LogP contribution in [0.4, 0.5) is 6.01 Å². The summed E-state index contributed by atoms with van der Waals surface area (Å²) in [4.78, 5) is 15.7. The van der Waals surface area contributed by atoms with E-state index in [1.54, 1.807) is 6.20 Å². The maximum atomic E-state index is 11.7. The highest BCUT2D eigenvalue weighted by atomic mass is 16.4. The molecule has 0 spiro atoms. The maximum absolute atomic E-state index is 11.7. The van der Waals surface area contributed by atoms with Gasteiger partial charge in [0.05, 0.1) is 6.20 Å². The van der Waals surface area contributed by atoms with Crippen LogP contribution in [0.3, 0.4) is 0 Å². The predicted molar refractivity (Wildman–Crippen MR) is 74.5 cm³/mol. The number of hydrogen-bond donors (Lipinski definition) is 1. The molecule has 1 aliphatic rings. The minimum Gasteiger partial charge on any atom is -0.428 e. The molecule has 2 heterocycles. The summed E-state index contributed by atoms with van der Waals surface area (Å²) in [6.07, 6.45) is 6.66. The molecule has 21 heavy (non-hydrogen) atoms. The summed E-state index contributed by atoms with van der Waals surface area (Å²) >= 11 is 0. The number of nitrogens with one attached hydrogen (secondary N) is 1. The highest BCUT2D eigenvalue weighted by Gasteiger charge is 2.27. The van der Waals surface area contributed by atoms with Crippen molar-refractivity contribution in [3.8, 4) is 0 Å². The number of nitrogens with zero attached hydrogens (tertiary/aromatic N) is 3. The van der Waals surface area contributed by atoms with Crippen molar-refractivity contribution in [2.75, 3.05) is 5.32 Å². The summed E-state index contributed by atoms with van der Waals surface area (Å²) in [5, 5.41) is 10.3. The van der Waals surface area contributed by atoms with Crippen LogP contribution in [0.5, 0.6) is 0 Å². The Labute approximate surface area is 121 Å². The van der Waals surface area contributed by atoms with Crippen molar-refractivity contribution in [2.45, 2.75) is 38.5 Å². The number of carbonyl (C=O) groups is 1. The third-order valence-electron chi connectivity index (χ3n) is 3.06. The van der Waals surface area contributed by atoms with Gasteiger partial charge in [0, 0.05) is 24.0 Å². The number of rotatable bonds is 5. The van der Waals surface area contributed by atoms with E-state index in [9.17, 15) is 4.79 Å². The summed E-state index contributed by atoms with van der Waals surface area (Å²) in [5.41, 5.74) is 0. The lowest BCUT2D eigenvalue weighted by atomic mass is 10.2. The molecule has 2 aromatic rings. The van der Waals surface area contributed by atoms with Crippen molar-refractivity contribution in [2.24, 2.45) is 0 Å². The van der Waals surface area contributed by atoms with E-state index in [2.05, 4.69) is 20.5 Å². The Kier molecular flexibility index (Phi) is 3.55. The lowest BCUT2D eigenvalue weighted by Crippen LogP contribution is -2.07. The summed E-state index contributed by atoms with van der Waals surface area (Å²) in [5.74, 6) is 1.92. The minimum absolute atomic E-state index is 0.154. The third kappa shape index (κ3) is 3.36. The molecule has 1 saturated carbocycles. The number of amides is 1. The molecule has 0 aliphatic heterocycles. The first-order valence-electron chi connectivity index (χ1n) is 6.90. The predicted octanol–water partition coefficient (Wildman–Crippen LogP) is 2.71. The average Bonchev–Trinajstić information content (AvgIpc) is 3.00. The van der Waals surface area contributed by atoms with Crippen molar-refractivity contribution in [1.82, 2.24) is 15.2 Å². The molecule has 7 nitrogen and oxygen atoms in total. The molecule has 0 unspecified atom stereocenters. The molecule has 1 aliphatic carbocycles. The van der Waals surface area contributed by atoms with Crippen LogP contribution in [0.2, 0.25) is 0 Å². The lowest BCUT2D eigenvalue weighted by Gasteiger charge is -1.94. The molecule has 7 heteroatoms. The Balaban J connectivity index is 1.58. The van der Waals surface area contributed by atoms with Crippen molar-refractivity contribution in [1.29, 1.82) is 0 Å². The first-order valence-corrected chi connectivity index (χ1v) is 6.90. The van der Waals surface area contributed by atoms with Gasteiger partial charge in [-0.3, -0.25) is 10.1 Å². The van der Waals surface area contributed by atoms with Crippen LogP contribution in [0.25, 0.3) is 6.08 Å². The molecule has 0 atom stereocenters. The van der Waals surface area contributed by atoms with Crippen molar-refractivity contribution in [3.05, 3.63) is 29.8 Å². The number of carbonyl (C=O) groups excluding carboxylic acids is 1. The van der Waals surface area contributed by atoms with Gasteiger partial charge in [-0.25, -0.2) is 4.98 Å². The van der Waals surface area contributed by atoms with E-state index < -0.39 is 0 Å². The Morgan fingerprint density at radius 2 is 2.19 bits per heavy atom. The fourth-order valence-electron chi connectivity index (χ4n) is 1.74. The van der Waals surface area contributed by atoms with Crippen molar-refractivity contribution in [3.63, 3.8) is 0 Å². The fraction of sp³-hybridized carbons (Fsp3) is 0.429.